The number of rotatable bonds is 9. The quantitative estimate of drug-likeness (QED) is 0.620. The maximum Gasteiger partial charge on any atom is 0.322 e. The molecule has 29 heavy (non-hydrogen) atoms. The third kappa shape index (κ3) is 5.83. The molecule has 1 saturated carbocycles. The van der Waals surface area contributed by atoms with Crippen LogP contribution in [0.3, 0.4) is 0 Å². The van der Waals surface area contributed by atoms with Crippen LogP contribution in [0.5, 0.6) is 0 Å². The van der Waals surface area contributed by atoms with Crippen molar-refractivity contribution in [2.75, 3.05) is 32.1 Å². The summed E-state index contributed by atoms with van der Waals surface area (Å²) in [4.78, 5) is 29.3. The predicted octanol–water partition coefficient (Wildman–Crippen LogP) is 3.46. The molecular weight excluding hydrogens is 436 g/mol. The van der Waals surface area contributed by atoms with Crippen LogP contribution in [-0.2, 0) is 23.1 Å². The number of carbonyl (C=O) groups excluding carboxylic acids is 2. The molecule has 0 unspecified atom stereocenters. The van der Waals surface area contributed by atoms with Gasteiger partial charge in [-0.05, 0) is 53.0 Å². The number of aromatic nitrogens is 1. The van der Waals surface area contributed by atoms with Gasteiger partial charge in [0.25, 0.3) is 0 Å². The summed E-state index contributed by atoms with van der Waals surface area (Å²) in [6, 6.07) is 11.3. The largest absolute Gasteiger partial charge is 0.383 e. The monoisotopic (exact) mass is 462 g/mol. The lowest BCUT2D eigenvalue weighted by molar-refractivity contribution is -0.133. The first kappa shape index (κ1) is 21.4. The Morgan fingerprint density at radius 3 is 2.62 bits per heavy atom. The molecule has 1 aromatic heterocycles. The summed E-state index contributed by atoms with van der Waals surface area (Å²) >= 11 is 3.43. The fraction of sp³-hybridized carbons (Fsp3) is 0.429. The van der Waals surface area contributed by atoms with E-state index in [2.05, 4.69) is 21.2 Å². The summed E-state index contributed by atoms with van der Waals surface area (Å²) in [5.41, 5.74) is 1.74. The van der Waals surface area contributed by atoms with E-state index in [0.29, 0.717) is 25.4 Å². The molecule has 3 amide bonds. The van der Waals surface area contributed by atoms with Crippen molar-refractivity contribution in [2.24, 2.45) is 7.05 Å². The van der Waals surface area contributed by atoms with Gasteiger partial charge in [-0.2, -0.15) is 0 Å². The molecule has 1 aliphatic rings. The maximum atomic E-state index is 13.1. The fourth-order valence-electron chi connectivity index (χ4n) is 3.11. The number of aryl methyl sites for hydroxylation is 1. The summed E-state index contributed by atoms with van der Waals surface area (Å²) in [7, 11) is 3.55. The van der Waals surface area contributed by atoms with Gasteiger partial charge in [0.05, 0.1) is 18.8 Å². The van der Waals surface area contributed by atoms with Crippen LogP contribution in [0.4, 0.5) is 10.5 Å². The minimum absolute atomic E-state index is 0.0145. The van der Waals surface area contributed by atoms with Gasteiger partial charge in [-0.15, -0.1) is 0 Å². The second-order valence-electron chi connectivity index (χ2n) is 7.19. The number of halogens is 1. The van der Waals surface area contributed by atoms with Crippen LogP contribution in [-0.4, -0.2) is 59.2 Å². The SMILES string of the molecule is COCCN(CC(=O)N(Cc1cccn1C)C1CC1)C(=O)Nc1ccccc1Br. The predicted molar refractivity (Wildman–Crippen MR) is 116 cm³/mol. The first-order valence-corrected chi connectivity index (χ1v) is 10.5. The van der Waals surface area contributed by atoms with E-state index in [1.807, 2.05) is 59.1 Å². The van der Waals surface area contributed by atoms with E-state index in [1.165, 1.54) is 4.90 Å². The molecule has 0 saturated heterocycles. The second kappa shape index (κ2) is 9.93. The molecule has 8 heteroatoms. The van der Waals surface area contributed by atoms with Gasteiger partial charge in [0, 0.05) is 43.1 Å². The van der Waals surface area contributed by atoms with E-state index in [4.69, 9.17) is 4.74 Å². The Kier molecular flexibility index (Phi) is 7.33. The average Bonchev–Trinajstić information content (AvgIpc) is 3.46. The van der Waals surface area contributed by atoms with Gasteiger partial charge in [-0.3, -0.25) is 4.79 Å². The molecule has 1 aromatic carbocycles. The molecule has 1 N–H and O–H groups in total. The molecule has 3 rings (SSSR count). The Bertz CT molecular complexity index is 850. The van der Waals surface area contributed by atoms with Crippen LogP contribution in [0, 0.1) is 0 Å². The first-order chi connectivity index (χ1) is 14.0. The smallest absolute Gasteiger partial charge is 0.322 e. The number of hydrogen-bond donors (Lipinski definition) is 1. The zero-order valence-corrected chi connectivity index (χ0v) is 18.4. The van der Waals surface area contributed by atoms with Crippen molar-refractivity contribution in [2.45, 2.75) is 25.4 Å². The standard InChI is InChI=1S/C21H27BrN4O3/c1-24-11-5-6-17(24)14-26(16-9-10-16)20(27)15-25(12-13-29-2)21(28)23-19-8-4-3-7-18(19)22/h3-8,11,16H,9-10,12-15H2,1-2H3,(H,23,28). The summed E-state index contributed by atoms with van der Waals surface area (Å²) in [5.74, 6) is -0.0490. The second-order valence-corrected chi connectivity index (χ2v) is 8.04. The highest BCUT2D eigenvalue weighted by Crippen LogP contribution is 2.29. The third-order valence-corrected chi connectivity index (χ3v) is 5.68. The minimum Gasteiger partial charge on any atom is -0.383 e. The van der Waals surface area contributed by atoms with E-state index in [9.17, 15) is 9.59 Å². The number of para-hydroxylation sites is 1. The molecule has 0 atom stereocenters. The van der Waals surface area contributed by atoms with Crippen LogP contribution >= 0.6 is 15.9 Å². The van der Waals surface area contributed by atoms with Crippen molar-refractivity contribution in [3.05, 3.63) is 52.8 Å². The molecule has 0 spiro atoms. The first-order valence-electron chi connectivity index (χ1n) is 9.68. The van der Waals surface area contributed by atoms with Crippen molar-refractivity contribution in [1.29, 1.82) is 0 Å². The summed E-state index contributed by atoms with van der Waals surface area (Å²) < 4.78 is 7.95. The molecule has 0 aliphatic heterocycles. The Morgan fingerprint density at radius 1 is 1.24 bits per heavy atom. The number of anilines is 1. The molecule has 0 bridgehead atoms. The fourth-order valence-corrected chi connectivity index (χ4v) is 3.49. The Balaban J connectivity index is 1.69. The van der Waals surface area contributed by atoms with Gasteiger partial charge < -0.3 is 24.4 Å². The molecule has 1 aliphatic carbocycles. The number of ether oxygens (including phenoxy) is 1. The van der Waals surface area contributed by atoms with Crippen molar-refractivity contribution < 1.29 is 14.3 Å². The van der Waals surface area contributed by atoms with Gasteiger partial charge in [0.1, 0.15) is 6.54 Å². The number of nitrogens with one attached hydrogen (secondary N) is 1. The van der Waals surface area contributed by atoms with E-state index in [-0.39, 0.29) is 24.5 Å². The van der Waals surface area contributed by atoms with Gasteiger partial charge >= 0.3 is 6.03 Å². The normalized spacial score (nSPS) is 13.2. The number of urea groups is 1. The van der Waals surface area contributed by atoms with Gasteiger partial charge in [-0.25, -0.2) is 4.79 Å². The number of hydrogen-bond acceptors (Lipinski definition) is 3. The van der Waals surface area contributed by atoms with E-state index >= 15 is 0 Å². The zero-order chi connectivity index (χ0) is 20.8. The summed E-state index contributed by atoms with van der Waals surface area (Å²) in [5, 5.41) is 2.87. The van der Waals surface area contributed by atoms with Crippen LogP contribution in [0.1, 0.15) is 18.5 Å². The lowest BCUT2D eigenvalue weighted by Crippen LogP contribution is -2.46. The topological polar surface area (TPSA) is 66.8 Å². The zero-order valence-electron chi connectivity index (χ0n) is 16.8. The highest BCUT2D eigenvalue weighted by atomic mass is 79.9. The van der Waals surface area contributed by atoms with Gasteiger partial charge in [0.2, 0.25) is 5.91 Å². The molecule has 0 radical (unpaired) electrons. The Hall–Kier alpha value is -2.32. The Labute approximate surface area is 179 Å². The molecular formula is C21H27BrN4O3. The number of amides is 3. The molecule has 7 nitrogen and oxygen atoms in total. The molecule has 2 aromatic rings. The summed E-state index contributed by atoms with van der Waals surface area (Å²) in [6.45, 7) is 1.26. The highest BCUT2D eigenvalue weighted by molar-refractivity contribution is 9.10. The number of carbonyl (C=O) groups is 2. The van der Waals surface area contributed by atoms with Crippen LogP contribution in [0.2, 0.25) is 0 Å². The lowest BCUT2D eigenvalue weighted by atomic mass is 10.3. The van der Waals surface area contributed by atoms with Gasteiger partial charge in [-0.1, -0.05) is 12.1 Å². The third-order valence-electron chi connectivity index (χ3n) is 4.99. The Morgan fingerprint density at radius 2 is 2.00 bits per heavy atom. The molecule has 1 heterocycles. The molecule has 156 valence electrons. The summed E-state index contributed by atoms with van der Waals surface area (Å²) in [6.07, 6.45) is 4.00. The minimum atomic E-state index is -0.322. The average molecular weight is 463 g/mol. The van der Waals surface area contributed by atoms with Crippen molar-refractivity contribution in [1.82, 2.24) is 14.4 Å². The number of nitrogens with zero attached hydrogens (tertiary/aromatic N) is 3. The van der Waals surface area contributed by atoms with Crippen molar-refractivity contribution in [3.63, 3.8) is 0 Å². The highest BCUT2D eigenvalue weighted by Gasteiger charge is 2.34. The van der Waals surface area contributed by atoms with Crippen molar-refractivity contribution in [3.8, 4) is 0 Å². The maximum absolute atomic E-state index is 13.1. The molecule has 1 fully saturated rings. The number of methoxy groups -OCH3 is 1. The van der Waals surface area contributed by atoms with E-state index in [1.54, 1.807) is 7.11 Å². The van der Waals surface area contributed by atoms with E-state index in [0.717, 1.165) is 23.0 Å². The van der Waals surface area contributed by atoms with Crippen LogP contribution in [0.15, 0.2) is 47.1 Å². The van der Waals surface area contributed by atoms with E-state index < -0.39 is 0 Å². The van der Waals surface area contributed by atoms with Gasteiger partial charge in [0.15, 0.2) is 0 Å². The van der Waals surface area contributed by atoms with Crippen molar-refractivity contribution >= 4 is 33.6 Å². The van der Waals surface area contributed by atoms with Crippen LogP contribution in [0.25, 0.3) is 0 Å². The number of benzene rings is 1. The lowest BCUT2D eigenvalue weighted by Gasteiger charge is -2.28. The van der Waals surface area contributed by atoms with Crippen LogP contribution < -0.4 is 5.32 Å².